The number of rotatable bonds is 1. The summed E-state index contributed by atoms with van der Waals surface area (Å²) in [5.74, 6) is 0.800. The molecule has 0 atom stereocenters. The molecule has 0 aromatic carbocycles. The number of hydrogen-bond acceptors (Lipinski definition) is 5. The van der Waals surface area contributed by atoms with Gasteiger partial charge >= 0.3 is 0 Å². The molecule has 2 aromatic rings. The highest BCUT2D eigenvalue weighted by atomic mass is 32.1. The van der Waals surface area contributed by atoms with Gasteiger partial charge in [-0.1, -0.05) is 6.07 Å². The largest absolute Gasteiger partial charge is 0.382 e. The molecule has 5 heteroatoms. The number of nitrogen functional groups attached to an aromatic ring is 2. The van der Waals surface area contributed by atoms with Crippen LogP contribution in [0.25, 0.3) is 10.4 Å². The average Bonchev–Trinajstić information content (AvgIpc) is 2.61. The molecule has 2 heterocycles. The Kier molecular flexibility index (Phi) is 1.86. The van der Waals surface area contributed by atoms with Gasteiger partial charge in [-0.2, -0.15) is 0 Å². The van der Waals surface area contributed by atoms with Gasteiger partial charge in [-0.05, 0) is 17.5 Å². The summed E-state index contributed by atoms with van der Waals surface area (Å²) in [6.07, 6.45) is 0. The third-order valence-corrected chi connectivity index (χ3v) is 2.53. The van der Waals surface area contributed by atoms with Gasteiger partial charge in [0, 0.05) is 10.4 Å². The van der Waals surface area contributed by atoms with E-state index in [1.807, 2.05) is 17.5 Å². The third-order valence-electron chi connectivity index (χ3n) is 1.63. The van der Waals surface area contributed by atoms with Crippen molar-refractivity contribution >= 4 is 23.0 Å². The van der Waals surface area contributed by atoms with Crippen molar-refractivity contribution in [3.63, 3.8) is 0 Å². The maximum absolute atomic E-state index is 5.66. The molecule has 0 unspecified atom stereocenters. The predicted octanol–water partition coefficient (Wildman–Crippen LogP) is 1.37. The Labute approximate surface area is 79.2 Å². The van der Waals surface area contributed by atoms with E-state index in [-0.39, 0.29) is 0 Å². The van der Waals surface area contributed by atoms with E-state index in [0.29, 0.717) is 11.6 Å². The first-order valence-electron chi connectivity index (χ1n) is 3.70. The van der Waals surface area contributed by atoms with E-state index in [1.165, 1.54) is 0 Å². The minimum Gasteiger partial charge on any atom is -0.382 e. The molecule has 0 saturated carbocycles. The average molecular weight is 192 g/mol. The normalized spacial score (nSPS) is 10.2. The van der Waals surface area contributed by atoms with Gasteiger partial charge in [-0.3, -0.25) is 0 Å². The van der Waals surface area contributed by atoms with Crippen molar-refractivity contribution in [2.75, 3.05) is 11.5 Å². The SMILES string of the molecule is Nc1cc(-c2cccs2)c(N)nn1. The molecule has 0 radical (unpaired) electrons. The van der Waals surface area contributed by atoms with Gasteiger partial charge in [0.15, 0.2) is 5.82 Å². The molecule has 0 aliphatic heterocycles. The smallest absolute Gasteiger partial charge is 0.154 e. The van der Waals surface area contributed by atoms with Gasteiger partial charge < -0.3 is 11.5 Å². The van der Waals surface area contributed by atoms with Gasteiger partial charge in [0.2, 0.25) is 0 Å². The molecule has 13 heavy (non-hydrogen) atoms. The van der Waals surface area contributed by atoms with Crippen molar-refractivity contribution in [3.8, 4) is 10.4 Å². The van der Waals surface area contributed by atoms with E-state index in [2.05, 4.69) is 10.2 Å². The highest BCUT2D eigenvalue weighted by Gasteiger charge is 2.05. The summed E-state index contributed by atoms with van der Waals surface area (Å²) in [7, 11) is 0. The molecule has 0 aliphatic carbocycles. The Morgan fingerprint density at radius 3 is 2.77 bits per heavy atom. The van der Waals surface area contributed by atoms with Crippen LogP contribution in [0.4, 0.5) is 11.6 Å². The number of aromatic nitrogens is 2. The molecule has 0 fully saturated rings. The third kappa shape index (κ3) is 1.46. The van der Waals surface area contributed by atoms with Gasteiger partial charge in [-0.15, -0.1) is 21.5 Å². The Morgan fingerprint density at radius 1 is 1.23 bits per heavy atom. The molecule has 0 aliphatic rings. The van der Waals surface area contributed by atoms with Crippen LogP contribution in [0.5, 0.6) is 0 Å². The van der Waals surface area contributed by atoms with Crippen LogP contribution < -0.4 is 11.5 Å². The highest BCUT2D eigenvalue weighted by molar-refractivity contribution is 7.13. The maximum Gasteiger partial charge on any atom is 0.154 e. The van der Waals surface area contributed by atoms with Crippen molar-refractivity contribution in [2.24, 2.45) is 0 Å². The molecule has 4 N–H and O–H groups in total. The van der Waals surface area contributed by atoms with Gasteiger partial charge in [0.05, 0.1) is 0 Å². The van der Waals surface area contributed by atoms with E-state index in [4.69, 9.17) is 11.5 Å². The van der Waals surface area contributed by atoms with Gasteiger partial charge in [-0.25, -0.2) is 0 Å². The second-order valence-corrected chi connectivity index (χ2v) is 3.49. The first kappa shape index (κ1) is 8.00. The molecule has 4 nitrogen and oxygen atoms in total. The number of nitrogens with zero attached hydrogens (tertiary/aromatic N) is 2. The van der Waals surface area contributed by atoms with Crippen LogP contribution >= 0.6 is 11.3 Å². The zero-order chi connectivity index (χ0) is 9.26. The predicted molar refractivity (Wildman–Crippen MR) is 54.2 cm³/mol. The molecule has 0 amide bonds. The van der Waals surface area contributed by atoms with E-state index < -0.39 is 0 Å². The van der Waals surface area contributed by atoms with Gasteiger partial charge in [0.1, 0.15) is 5.82 Å². The fourth-order valence-corrected chi connectivity index (χ4v) is 1.80. The molecule has 0 spiro atoms. The summed E-state index contributed by atoms with van der Waals surface area (Å²) in [6.45, 7) is 0. The van der Waals surface area contributed by atoms with Crippen LogP contribution in [0.1, 0.15) is 0 Å². The Balaban J connectivity index is 2.57. The van der Waals surface area contributed by atoms with Crippen LogP contribution in [0.3, 0.4) is 0 Å². The van der Waals surface area contributed by atoms with E-state index in [9.17, 15) is 0 Å². The topological polar surface area (TPSA) is 77.8 Å². The first-order valence-corrected chi connectivity index (χ1v) is 4.58. The number of anilines is 2. The Morgan fingerprint density at radius 2 is 2.08 bits per heavy atom. The molecular weight excluding hydrogens is 184 g/mol. The maximum atomic E-state index is 5.66. The first-order chi connectivity index (χ1) is 6.27. The summed E-state index contributed by atoms with van der Waals surface area (Å²) in [4.78, 5) is 1.05. The molecule has 66 valence electrons. The fourth-order valence-electron chi connectivity index (χ4n) is 1.05. The molecule has 0 saturated heterocycles. The van der Waals surface area contributed by atoms with E-state index in [1.54, 1.807) is 17.4 Å². The van der Waals surface area contributed by atoms with Crippen LogP contribution in [-0.4, -0.2) is 10.2 Å². The van der Waals surface area contributed by atoms with E-state index in [0.717, 1.165) is 10.4 Å². The fraction of sp³-hybridized carbons (Fsp3) is 0. The monoisotopic (exact) mass is 192 g/mol. The Bertz CT molecular complexity index is 410. The number of thiophene rings is 1. The highest BCUT2D eigenvalue weighted by Crippen LogP contribution is 2.28. The van der Waals surface area contributed by atoms with E-state index >= 15 is 0 Å². The summed E-state index contributed by atoms with van der Waals surface area (Å²) < 4.78 is 0. The minimum absolute atomic E-state index is 0.387. The zero-order valence-electron chi connectivity index (χ0n) is 6.77. The van der Waals surface area contributed by atoms with Crippen LogP contribution in [0.15, 0.2) is 23.6 Å². The lowest BCUT2D eigenvalue weighted by molar-refractivity contribution is 1.06. The number of nitrogens with two attached hydrogens (primary N) is 2. The standard InChI is InChI=1S/C8H8N4S/c9-7-4-5(8(10)12-11-7)6-2-1-3-13-6/h1-4H,(H2,9,11)(H2,10,12). The lowest BCUT2D eigenvalue weighted by Crippen LogP contribution is -1.99. The second-order valence-electron chi connectivity index (χ2n) is 2.55. The lowest BCUT2D eigenvalue weighted by Gasteiger charge is -2.00. The zero-order valence-corrected chi connectivity index (χ0v) is 7.58. The second kappa shape index (κ2) is 3.02. The summed E-state index contributed by atoms with van der Waals surface area (Å²) in [5, 5.41) is 9.38. The van der Waals surface area contributed by atoms with Crippen molar-refractivity contribution in [1.29, 1.82) is 0 Å². The molecule has 0 bridgehead atoms. The van der Waals surface area contributed by atoms with Crippen molar-refractivity contribution < 1.29 is 0 Å². The summed E-state index contributed by atoms with van der Waals surface area (Å²) in [6, 6.07) is 5.65. The Hall–Kier alpha value is -1.62. The van der Waals surface area contributed by atoms with Crippen molar-refractivity contribution in [2.45, 2.75) is 0 Å². The van der Waals surface area contributed by atoms with Gasteiger partial charge in [0.25, 0.3) is 0 Å². The molecule has 2 rings (SSSR count). The summed E-state index contributed by atoms with van der Waals surface area (Å²) in [5.41, 5.74) is 12.0. The van der Waals surface area contributed by atoms with Crippen molar-refractivity contribution in [3.05, 3.63) is 23.6 Å². The molecular formula is C8H8N4S. The quantitative estimate of drug-likeness (QED) is 0.715. The lowest BCUT2D eigenvalue weighted by atomic mass is 10.2. The van der Waals surface area contributed by atoms with Crippen molar-refractivity contribution in [1.82, 2.24) is 10.2 Å². The minimum atomic E-state index is 0.387. The van der Waals surface area contributed by atoms with Crippen LogP contribution in [0.2, 0.25) is 0 Å². The van der Waals surface area contributed by atoms with Crippen LogP contribution in [0, 0.1) is 0 Å². The summed E-state index contributed by atoms with van der Waals surface area (Å²) >= 11 is 1.60. The molecule has 2 aromatic heterocycles. The number of hydrogen-bond donors (Lipinski definition) is 2. The van der Waals surface area contributed by atoms with Crippen LogP contribution in [-0.2, 0) is 0 Å².